The molecule has 1 aliphatic heterocycles. The maximum atomic E-state index is 12.8. The molecule has 0 saturated carbocycles. The summed E-state index contributed by atoms with van der Waals surface area (Å²) in [4.78, 5) is 28.9. The average molecular weight is 385 g/mol. The number of halogens is 1. The summed E-state index contributed by atoms with van der Waals surface area (Å²) in [5.41, 5.74) is 1.17. The molecule has 3 rings (SSSR count). The van der Waals surface area contributed by atoms with Gasteiger partial charge in [-0.05, 0) is 25.7 Å². The van der Waals surface area contributed by atoms with Crippen molar-refractivity contribution in [1.29, 1.82) is 0 Å². The number of benzene rings is 2. The van der Waals surface area contributed by atoms with Crippen molar-refractivity contribution in [1.82, 2.24) is 9.80 Å². The number of likely N-dealkylation sites (tertiary alicyclic amines) is 1. The van der Waals surface area contributed by atoms with Crippen LogP contribution in [0.1, 0.15) is 17.2 Å². The van der Waals surface area contributed by atoms with E-state index in [0.29, 0.717) is 29.2 Å². The van der Waals surface area contributed by atoms with Crippen molar-refractivity contribution >= 4 is 29.1 Å². The molecule has 0 unspecified atom stereocenters. The Hall–Kier alpha value is -2.63. The first-order chi connectivity index (χ1) is 12.9. The van der Waals surface area contributed by atoms with Gasteiger partial charge in [-0.1, -0.05) is 60.1 Å². The lowest BCUT2D eigenvalue weighted by atomic mass is 9.95. The first-order valence-electron chi connectivity index (χ1n) is 8.64. The second-order valence-corrected chi connectivity index (χ2v) is 7.09. The molecule has 1 fully saturated rings. The van der Waals surface area contributed by atoms with Gasteiger partial charge in [0.25, 0.3) is 11.7 Å². The van der Waals surface area contributed by atoms with Gasteiger partial charge in [-0.25, -0.2) is 0 Å². The quantitative estimate of drug-likeness (QED) is 0.488. The molecule has 2 aromatic rings. The van der Waals surface area contributed by atoms with Gasteiger partial charge in [-0.3, -0.25) is 9.59 Å². The average Bonchev–Trinajstić information content (AvgIpc) is 2.91. The van der Waals surface area contributed by atoms with Crippen LogP contribution in [0.25, 0.3) is 5.76 Å². The van der Waals surface area contributed by atoms with Gasteiger partial charge in [-0.15, -0.1) is 0 Å². The molecule has 140 valence electrons. The molecule has 1 saturated heterocycles. The molecule has 6 heteroatoms. The Morgan fingerprint density at radius 3 is 2.33 bits per heavy atom. The predicted molar refractivity (Wildman–Crippen MR) is 105 cm³/mol. The number of hydrogen-bond donors (Lipinski definition) is 1. The van der Waals surface area contributed by atoms with E-state index in [0.717, 1.165) is 0 Å². The Bertz CT molecular complexity index is 893. The van der Waals surface area contributed by atoms with E-state index >= 15 is 0 Å². The van der Waals surface area contributed by atoms with Gasteiger partial charge in [0.05, 0.1) is 11.6 Å². The van der Waals surface area contributed by atoms with Crippen molar-refractivity contribution in [3.05, 3.63) is 76.3 Å². The summed E-state index contributed by atoms with van der Waals surface area (Å²) in [7, 11) is 3.79. The summed E-state index contributed by atoms with van der Waals surface area (Å²) in [6.07, 6.45) is 0. The summed E-state index contributed by atoms with van der Waals surface area (Å²) in [6, 6.07) is 15.1. The molecule has 1 atom stereocenters. The van der Waals surface area contributed by atoms with Gasteiger partial charge in [0.2, 0.25) is 0 Å². The lowest BCUT2D eigenvalue weighted by molar-refractivity contribution is -0.140. The summed E-state index contributed by atoms with van der Waals surface area (Å²) < 4.78 is 0. The molecule has 0 spiro atoms. The van der Waals surface area contributed by atoms with E-state index in [1.807, 2.05) is 25.1 Å². The third-order valence-corrected chi connectivity index (χ3v) is 4.92. The topological polar surface area (TPSA) is 60.9 Å². The summed E-state index contributed by atoms with van der Waals surface area (Å²) in [5, 5.41) is 11.3. The Balaban J connectivity index is 2.17. The molecule has 0 aliphatic carbocycles. The van der Waals surface area contributed by atoms with E-state index in [9.17, 15) is 14.7 Å². The van der Waals surface area contributed by atoms with Crippen LogP contribution in [0.4, 0.5) is 0 Å². The van der Waals surface area contributed by atoms with Crippen molar-refractivity contribution in [3.63, 3.8) is 0 Å². The molecular formula is C21H21ClN2O3. The van der Waals surface area contributed by atoms with E-state index in [4.69, 9.17) is 11.6 Å². The zero-order chi connectivity index (χ0) is 19.6. The van der Waals surface area contributed by atoms with Crippen LogP contribution in [0.15, 0.2) is 60.2 Å². The first-order valence-corrected chi connectivity index (χ1v) is 9.02. The Morgan fingerprint density at radius 2 is 1.70 bits per heavy atom. The van der Waals surface area contributed by atoms with Crippen molar-refractivity contribution in [2.24, 2.45) is 0 Å². The molecular weight excluding hydrogens is 364 g/mol. The summed E-state index contributed by atoms with van der Waals surface area (Å²) >= 11 is 6.38. The number of Topliss-reactive ketones (excluding diaryl/α,β-unsaturated/α-hetero) is 1. The fourth-order valence-electron chi connectivity index (χ4n) is 3.19. The minimum Gasteiger partial charge on any atom is -0.507 e. The van der Waals surface area contributed by atoms with Gasteiger partial charge in [0.1, 0.15) is 5.76 Å². The highest BCUT2D eigenvalue weighted by molar-refractivity contribution is 6.47. The third kappa shape index (κ3) is 3.75. The Kier molecular flexibility index (Phi) is 5.63. The van der Waals surface area contributed by atoms with E-state index < -0.39 is 17.7 Å². The van der Waals surface area contributed by atoms with E-state index in [2.05, 4.69) is 0 Å². The Labute approximate surface area is 163 Å². The molecule has 2 aromatic carbocycles. The van der Waals surface area contributed by atoms with Gasteiger partial charge >= 0.3 is 0 Å². The predicted octanol–water partition coefficient (Wildman–Crippen LogP) is 3.32. The van der Waals surface area contributed by atoms with Crippen LogP contribution in [-0.2, 0) is 9.59 Å². The summed E-state index contributed by atoms with van der Waals surface area (Å²) in [5.74, 6) is -1.51. The highest BCUT2D eigenvalue weighted by atomic mass is 35.5. The molecule has 27 heavy (non-hydrogen) atoms. The van der Waals surface area contributed by atoms with Crippen molar-refractivity contribution in [3.8, 4) is 0 Å². The number of carbonyl (C=O) groups is 2. The SMILES string of the molecule is CN(C)CCN1C(=O)C(=O)C(=C(O)c2ccccc2)[C@@H]1c1ccccc1Cl. The van der Waals surface area contributed by atoms with E-state index in [1.165, 1.54) is 4.90 Å². The number of aliphatic hydroxyl groups excluding tert-OH is 1. The number of carbonyl (C=O) groups excluding carboxylic acids is 2. The van der Waals surface area contributed by atoms with Gasteiger partial charge in [0, 0.05) is 23.7 Å². The first kappa shape index (κ1) is 19.1. The number of hydrogen-bond acceptors (Lipinski definition) is 4. The Morgan fingerprint density at radius 1 is 1.07 bits per heavy atom. The standard InChI is InChI=1S/C21H21ClN2O3/c1-23(2)12-13-24-18(15-10-6-7-11-16(15)22)17(20(26)21(24)27)19(25)14-8-4-3-5-9-14/h3-11,18,25H,12-13H2,1-2H3/t18-/m0/s1. The number of likely N-dealkylation sites (N-methyl/N-ethyl adjacent to an activating group) is 1. The maximum Gasteiger partial charge on any atom is 0.295 e. The lowest BCUT2D eigenvalue weighted by Crippen LogP contribution is -2.35. The van der Waals surface area contributed by atoms with Crippen LogP contribution < -0.4 is 0 Å². The fourth-order valence-corrected chi connectivity index (χ4v) is 3.43. The van der Waals surface area contributed by atoms with Crippen LogP contribution in [0, 0.1) is 0 Å². The largest absolute Gasteiger partial charge is 0.507 e. The highest BCUT2D eigenvalue weighted by Crippen LogP contribution is 2.41. The molecule has 1 heterocycles. The zero-order valence-electron chi connectivity index (χ0n) is 15.2. The summed E-state index contributed by atoms with van der Waals surface area (Å²) in [6.45, 7) is 0.929. The number of amides is 1. The van der Waals surface area contributed by atoms with Crippen molar-refractivity contribution in [2.45, 2.75) is 6.04 Å². The van der Waals surface area contributed by atoms with E-state index in [1.54, 1.807) is 48.5 Å². The van der Waals surface area contributed by atoms with Gasteiger partial charge in [0.15, 0.2) is 0 Å². The molecule has 0 radical (unpaired) electrons. The molecule has 0 aromatic heterocycles. The maximum absolute atomic E-state index is 12.8. The minimum absolute atomic E-state index is 0.0676. The second kappa shape index (κ2) is 7.94. The van der Waals surface area contributed by atoms with Gasteiger partial charge in [-0.2, -0.15) is 0 Å². The monoisotopic (exact) mass is 384 g/mol. The highest BCUT2D eigenvalue weighted by Gasteiger charge is 2.46. The molecule has 0 bridgehead atoms. The lowest BCUT2D eigenvalue weighted by Gasteiger charge is -2.27. The molecule has 1 aliphatic rings. The van der Waals surface area contributed by atoms with Crippen LogP contribution >= 0.6 is 11.6 Å². The van der Waals surface area contributed by atoms with Crippen molar-refractivity contribution < 1.29 is 14.7 Å². The third-order valence-electron chi connectivity index (χ3n) is 4.58. The van der Waals surface area contributed by atoms with Crippen LogP contribution in [-0.4, -0.2) is 53.8 Å². The zero-order valence-corrected chi connectivity index (χ0v) is 16.0. The van der Waals surface area contributed by atoms with Crippen LogP contribution in [0.5, 0.6) is 0 Å². The fraction of sp³-hybridized carbons (Fsp3) is 0.238. The number of aliphatic hydroxyl groups is 1. The molecule has 1 N–H and O–H groups in total. The van der Waals surface area contributed by atoms with E-state index in [-0.39, 0.29) is 11.3 Å². The smallest absolute Gasteiger partial charge is 0.295 e. The number of nitrogens with zero attached hydrogens (tertiary/aromatic N) is 2. The molecule has 5 nitrogen and oxygen atoms in total. The normalized spacial score (nSPS) is 19.1. The van der Waals surface area contributed by atoms with Crippen LogP contribution in [0.3, 0.4) is 0 Å². The van der Waals surface area contributed by atoms with Crippen molar-refractivity contribution in [2.75, 3.05) is 27.2 Å². The van der Waals surface area contributed by atoms with Crippen LogP contribution in [0.2, 0.25) is 5.02 Å². The second-order valence-electron chi connectivity index (χ2n) is 6.68. The van der Waals surface area contributed by atoms with Gasteiger partial charge < -0.3 is 14.9 Å². The minimum atomic E-state index is -0.723. The number of ketones is 1. The number of rotatable bonds is 5. The molecule has 1 amide bonds.